The first kappa shape index (κ1) is 14.1. The van der Waals surface area contributed by atoms with Crippen molar-refractivity contribution in [2.24, 2.45) is 5.92 Å². The number of rotatable bonds is 3. The van der Waals surface area contributed by atoms with Crippen molar-refractivity contribution in [1.29, 1.82) is 0 Å². The van der Waals surface area contributed by atoms with Crippen molar-refractivity contribution >= 4 is 5.97 Å². The molecule has 0 bridgehead atoms. The van der Waals surface area contributed by atoms with Crippen LogP contribution in [0.15, 0.2) is 12.1 Å². The van der Waals surface area contributed by atoms with Gasteiger partial charge in [0.25, 0.3) is 0 Å². The standard InChI is InChI=1S/C15H18FNO4/c1-8(16)9-4-11(12-5-10(7-17-12)15(18)19)14-13(6-9)20-2-3-21-14/h4,6,8,10,12,17H,2-3,5,7H2,1H3,(H,18,19). The van der Waals surface area contributed by atoms with E-state index in [1.807, 2.05) is 0 Å². The fourth-order valence-corrected chi connectivity index (χ4v) is 2.85. The highest BCUT2D eigenvalue weighted by atomic mass is 19.1. The third-order valence-electron chi connectivity index (χ3n) is 4.01. The molecule has 1 saturated heterocycles. The largest absolute Gasteiger partial charge is 0.486 e. The molecule has 21 heavy (non-hydrogen) atoms. The summed E-state index contributed by atoms with van der Waals surface area (Å²) in [6, 6.07) is 3.26. The second kappa shape index (κ2) is 5.52. The lowest BCUT2D eigenvalue weighted by molar-refractivity contribution is -0.141. The first-order chi connectivity index (χ1) is 10.1. The molecule has 0 saturated carbocycles. The Balaban J connectivity index is 1.97. The molecular formula is C15H18FNO4. The van der Waals surface area contributed by atoms with Crippen molar-refractivity contribution in [2.45, 2.75) is 25.6 Å². The fourth-order valence-electron chi connectivity index (χ4n) is 2.85. The lowest BCUT2D eigenvalue weighted by atomic mass is 9.96. The molecule has 3 rings (SSSR count). The number of hydrogen-bond donors (Lipinski definition) is 2. The molecule has 1 aromatic carbocycles. The van der Waals surface area contributed by atoms with E-state index in [2.05, 4.69) is 5.32 Å². The van der Waals surface area contributed by atoms with Gasteiger partial charge in [-0.05, 0) is 31.0 Å². The maximum Gasteiger partial charge on any atom is 0.307 e. The van der Waals surface area contributed by atoms with Gasteiger partial charge in [-0.15, -0.1) is 0 Å². The molecule has 1 fully saturated rings. The molecule has 0 aliphatic carbocycles. The first-order valence-corrected chi connectivity index (χ1v) is 7.10. The highest BCUT2D eigenvalue weighted by molar-refractivity contribution is 5.71. The number of alkyl halides is 1. The maximum absolute atomic E-state index is 13.7. The minimum atomic E-state index is -1.11. The van der Waals surface area contributed by atoms with E-state index in [0.717, 1.165) is 5.56 Å². The van der Waals surface area contributed by atoms with Crippen LogP contribution in [0.25, 0.3) is 0 Å². The van der Waals surface area contributed by atoms with E-state index in [1.54, 1.807) is 12.1 Å². The molecule has 0 radical (unpaired) electrons. The minimum absolute atomic E-state index is 0.153. The van der Waals surface area contributed by atoms with Crippen LogP contribution >= 0.6 is 0 Å². The van der Waals surface area contributed by atoms with Crippen LogP contribution in [0.3, 0.4) is 0 Å². The SMILES string of the molecule is CC(F)c1cc2c(c(C3CC(C(=O)O)CN3)c1)OCCO2. The third kappa shape index (κ3) is 2.68. The average Bonchev–Trinajstić information content (AvgIpc) is 2.96. The van der Waals surface area contributed by atoms with E-state index in [-0.39, 0.29) is 6.04 Å². The summed E-state index contributed by atoms with van der Waals surface area (Å²) in [7, 11) is 0. The predicted octanol–water partition coefficient (Wildman–Crippen LogP) is 2.22. The van der Waals surface area contributed by atoms with Crippen molar-refractivity contribution < 1.29 is 23.8 Å². The summed E-state index contributed by atoms with van der Waals surface area (Å²) in [4.78, 5) is 11.1. The van der Waals surface area contributed by atoms with Gasteiger partial charge in [0.15, 0.2) is 11.5 Å². The summed E-state index contributed by atoms with van der Waals surface area (Å²) in [5, 5.41) is 12.3. The summed E-state index contributed by atoms with van der Waals surface area (Å²) >= 11 is 0. The van der Waals surface area contributed by atoms with E-state index >= 15 is 0 Å². The number of carboxylic acids is 1. The molecule has 0 amide bonds. The third-order valence-corrected chi connectivity index (χ3v) is 4.01. The van der Waals surface area contributed by atoms with E-state index < -0.39 is 18.1 Å². The monoisotopic (exact) mass is 295 g/mol. The normalized spacial score (nSPS) is 25.6. The van der Waals surface area contributed by atoms with Gasteiger partial charge >= 0.3 is 5.97 Å². The van der Waals surface area contributed by atoms with Crippen LogP contribution in [-0.4, -0.2) is 30.8 Å². The van der Waals surface area contributed by atoms with Gasteiger partial charge in [0.2, 0.25) is 0 Å². The number of carboxylic acid groups (broad SMARTS) is 1. The zero-order valence-electron chi connectivity index (χ0n) is 11.8. The lowest BCUT2D eigenvalue weighted by Crippen LogP contribution is -2.21. The van der Waals surface area contributed by atoms with Gasteiger partial charge in [0.05, 0.1) is 5.92 Å². The minimum Gasteiger partial charge on any atom is -0.486 e. The van der Waals surface area contributed by atoms with E-state index in [1.165, 1.54) is 6.92 Å². The highest BCUT2D eigenvalue weighted by Crippen LogP contribution is 2.43. The molecule has 3 atom stereocenters. The summed E-state index contributed by atoms with van der Waals surface area (Å²) < 4.78 is 24.9. The maximum atomic E-state index is 13.7. The smallest absolute Gasteiger partial charge is 0.307 e. The Morgan fingerprint density at radius 1 is 1.43 bits per heavy atom. The summed E-state index contributed by atoms with van der Waals surface area (Å²) in [6.07, 6.45) is -0.647. The van der Waals surface area contributed by atoms with Crippen LogP contribution in [0, 0.1) is 5.92 Å². The second-order valence-corrected chi connectivity index (χ2v) is 5.48. The Morgan fingerprint density at radius 3 is 2.86 bits per heavy atom. The van der Waals surface area contributed by atoms with Crippen LogP contribution < -0.4 is 14.8 Å². The van der Waals surface area contributed by atoms with Crippen LogP contribution in [0.5, 0.6) is 11.5 Å². The van der Waals surface area contributed by atoms with Gasteiger partial charge in [0, 0.05) is 18.2 Å². The molecule has 5 nitrogen and oxygen atoms in total. The van der Waals surface area contributed by atoms with Crippen LogP contribution in [0.4, 0.5) is 4.39 Å². The molecule has 2 N–H and O–H groups in total. The van der Waals surface area contributed by atoms with Gasteiger partial charge in [-0.1, -0.05) is 0 Å². The van der Waals surface area contributed by atoms with Gasteiger partial charge in [-0.2, -0.15) is 0 Å². The number of nitrogens with one attached hydrogen (secondary N) is 1. The number of aliphatic carboxylic acids is 1. The van der Waals surface area contributed by atoms with Crippen molar-refractivity contribution in [3.63, 3.8) is 0 Å². The number of benzene rings is 1. The quantitative estimate of drug-likeness (QED) is 0.895. The molecule has 2 aliphatic rings. The van der Waals surface area contributed by atoms with Crippen LogP contribution in [-0.2, 0) is 4.79 Å². The topological polar surface area (TPSA) is 67.8 Å². The summed E-state index contributed by atoms with van der Waals surface area (Å²) in [5.74, 6) is -0.0966. The Hall–Kier alpha value is -1.82. The van der Waals surface area contributed by atoms with Gasteiger partial charge in [-0.25, -0.2) is 4.39 Å². The van der Waals surface area contributed by atoms with E-state index in [4.69, 9.17) is 14.6 Å². The number of fused-ring (bicyclic) bond motifs is 1. The van der Waals surface area contributed by atoms with Crippen LogP contribution in [0.1, 0.15) is 36.7 Å². The Morgan fingerprint density at radius 2 is 2.19 bits per heavy atom. The van der Waals surface area contributed by atoms with Crippen molar-refractivity contribution in [2.75, 3.05) is 19.8 Å². The molecule has 3 unspecified atom stereocenters. The molecule has 0 aromatic heterocycles. The number of carbonyl (C=O) groups is 1. The molecule has 1 aromatic rings. The Kier molecular flexibility index (Phi) is 3.71. The average molecular weight is 295 g/mol. The predicted molar refractivity (Wildman–Crippen MR) is 73.4 cm³/mol. The first-order valence-electron chi connectivity index (χ1n) is 7.10. The van der Waals surface area contributed by atoms with Gasteiger partial charge < -0.3 is 19.9 Å². The zero-order chi connectivity index (χ0) is 15.0. The number of ether oxygens (including phenoxy) is 2. The van der Waals surface area contributed by atoms with Crippen molar-refractivity contribution in [1.82, 2.24) is 5.32 Å². The zero-order valence-corrected chi connectivity index (χ0v) is 11.8. The summed E-state index contributed by atoms with van der Waals surface area (Å²) in [5.41, 5.74) is 1.31. The summed E-state index contributed by atoms with van der Waals surface area (Å²) in [6.45, 7) is 2.76. The van der Waals surface area contributed by atoms with Crippen LogP contribution in [0.2, 0.25) is 0 Å². The second-order valence-electron chi connectivity index (χ2n) is 5.48. The molecule has 114 valence electrons. The van der Waals surface area contributed by atoms with Crippen molar-refractivity contribution in [3.8, 4) is 11.5 Å². The molecule has 6 heteroatoms. The van der Waals surface area contributed by atoms with E-state index in [9.17, 15) is 9.18 Å². The molecule has 2 aliphatic heterocycles. The molecular weight excluding hydrogens is 277 g/mol. The van der Waals surface area contributed by atoms with Gasteiger partial charge in [-0.3, -0.25) is 4.79 Å². The molecule has 0 spiro atoms. The van der Waals surface area contributed by atoms with Gasteiger partial charge in [0.1, 0.15) is 19.4 Å². The highest BCUT2D eigenvalue weighted by Gasteiger charge is 2.33. The lowest BCUT2D eigenvalue weighted by Gasteiger charge is -2.25. The Labute approximate surface area is 122 Å². The number of halogens is 1. The van der Waals surface area contributed by atoms with Crippen molar-refractivity contribution in [3.05, 3.63) is 23.3 Å². The number of hydrogen-bond acceptors (Lipinski definition) is 4. The molecule has 2 heterocycles. The fraction of sp³-hybridized carbons (Fsp3) is 0.533. The Bertz CT molecular complexity index is 561. The van der Waals surface area contributed by atoms with E-state index in [0.29, 0.717) is 43.2 Å².